The second-order valence-electron chi connectivity index (χ2n) is 7.13. The molecule has 1 unspecified atom stereocenters. The second-order valence-corrected chi connectivity index (χ2v) is 7.13. The molecule has 4 heteroatoms. The summed E-state index contributed by atoms with van der Waals surface area (Å²) < 4.78 is 4.87. The van der Waals surface area contributed by atoms with Crippen molar-refractivity contribution in [1.29, 1.82) is 0 Å². The molecule has 0 aliphatic heterocycles. The van der Waals surface area contributed by atoms with Crippen LogP contribution in [-0.4, -0.2) is 25.0 Å². The number of methoxy groups -OCH3 is 1. The van der Waals surface area contributed by atoms with E-state index in [-0.39, 0.29) is 17.8 Å². The lowest BCUT2D eigenvalue weighted by molar-refractivity contribution is -0.145. The highest BCUT2D eigenvalue weighted by Crippen LogP contribution is 2.33. The standard InChI is InChI=1S/C20H29NO3/c1-14(2)16-9-11-17(12-10-16)19(22)21-18(20(23)24-3)13-15-7-5-4-6-8-15/h4-8,14,16-18H,9-13H2,1-3H3,(H,21,22). The molecule has 1 aliphatic carbocycles. The van der Waals surface area contributed by atoms with Crippen molar-refractivity contribution in [2.24, 2.45) is 17.8 Å². The molecule has 0 spiro atoms. The first-order valence-electron chi connectivity index (χ1n) is 8.93. The van der Waals surface area contributed by atoms with Crippen molar-refractivity contribution < 1.29 is 14.3 Å². The zero-order valence-corrected chi connectivity index (χ0v) is 15.0. The molecule has 0 saturated heterocycles. The van der Waals surface area contributed by atoms with Gasteiger partial charge in [0.25, 0.3) is 0 Å². The van der Waals surface area contributed by atoms with Crippen LogP contribution in [0.3, 0.4) is 0 Å². The van der Waals surface area contributed by atoms with Crippen LogP contribution in [0.1, 0.15) is 45.1 Å². The third kappa shape index (κ3) is 5.08. The van der Waals surface area contributed by atoms with E-state index in [1.807, 2.05) is 30.3 Å². The van der Waals surface area contributed by atoms with E-state index in [9.17, 15) is 9.59 Å². The Labute approximate surface area is 145 Å². The molecule has 1 atom stereocenters. The van der Waals surface area contributed by atoms with Gasteiger partial charge in [-0.25, -0.2) is 4.79 Å². The first-order chi connectivity index (χ1) is 11.5. The van der Waals surface area contributed by atoms with Crippen molar-refractivity contribution in [3.05, 3.63) is 35.9 Å². The number of carbonyl (C=O) groups is 2. The molecule has 1 N–H and O–H groups in total. The van der Waals surface area contributed by atoms with E-state index in [2.05, 4.69) is 19.2 Å². The predicted octanol–water partition coefficient (Wildman–Crippen LogP) is 3.35. The van der Waals surface area contributed by atoms with Gasteiger partial charge in [-0.3, -0.25) is 4.79 Å². The molecule has 1 saturated carbocycles. The monoisotopic (exact) mass is 331 g/mol. The molecule has 1 amide bonds. The van der Waals surface area contributed by atoms with E-state index in [1.54, 1.807) is 0 Å². The number of benzene rings is 1. The Hall–Kier alpha value is -1.84. The number of hydrogen-bond donors (Lipinski definition) is 1. The maximum absolute atomic E-state index is 12.6. The number of rotatable bonds is 6. The summed E-state index contributed by atoms with van der Waals surface area (Å²) in [6.45, 7) is 4.50. The van der Waals surface area contributed by atoms with Gasteiger partial charge in [0.2, 0.25) is 5.91 Å². The van der Waals surface area contributed by atoms with Crippen LogP contribution >= 0.6 is 0 Å². The minimum Gasteiger partial charge on any atom is -0.467 e. The van der Waals surface area contributed by atoms with E-state index in [0.29, 0.717) is 12.3 Å². The molecular weight excluding hydrogens is 302 g/mol. The zero-order chi connectivity index (χ0) is 17.5. The normalized spacial score (nSPS) is 22.0. The number of ether oxygens (including phenoxy) is 1. The summed E-state index contributed by atoms with van der Waals surface area (Å²) in [7, 11) is 1.36. The largest absolute Gasteiger partial charge is 0.467 e. The highest BCUT2D eigenvalue weighted by atomic mass is 16.5. The first kappa shape index (κ1) is 18.5. The minimum absolute atomic E-state index is 0.0106. The molecule has 1 fully saturated rings. The maximum Gasteiger partial charge on any atom is 0.328 e. The molecule has 4 nitrogen and oxygen atoms in total. The Morgan fingerprint density at radius 2 is 1.75 bits per heavy atom. The summed E-state index contributed by atoms with van der Waals surface area (Å²) in [6.07, 6.45) is 4.47. The smallest absolute Gasteiger partial charge is 0.328 e. The Bertz CT molecular complexity index is 533. The molecule has 132 valence electrons. The van der Waals surface area contributed by atoms with Crippen LogP contribution in [0, 0.1) is 17.8 Å². The van der Waals surface area contributed by atoms with Crippen molar-refractivity contribution in [2.45, 2.75) is 52.0 Å². The average Bonchev–Trinajstić information content (AvgIpc) is 2.61. The van der Waals surface area contributed by atoms with Crippen LogP contribution in [0.25, 0.3) is 0 Å². The lowest BCUT2D eigenvalue weighted by atomic mass is 9.76. The van der Waals surface area contributed by atoms with Crippen LogP contribution in [-0.2, 0) is 20.7 Å². The molecule has 1 aromatic rings. The summed E-state index contributed by atoms with van der Waals surface area (Å²) >= 11 is 0. The van der Waals surface area contributed by atoms with E-state index in [4.69, 9.17) is 4.74 Å². The van der Waals surface area contributed by atoms with Crippen molar-refractivity contribution in [3.8, 4) is 0 Å². The maximum atomic E-state index is 12.6. The fourth-order valence-corrected chi connectivity index (χ4v) is 3.52. The van der Waals surface area contributed by atoms with Gasteiger partial charge >= 0.3 is 5.97 Å². The van der Waals surface area contributed by atoms with E-state index >= 15 is 0 Å². The van der Waals surface area contributed by atoms with Gasteiger partial charge in [0.05, 0.1) is 7.11 Å². The van der Waals surface area contributed by atoms with Gasteiger partial charge in [-0.15, -0.1) is 0 Å². The van der Waals surface area contributed by atoms with E-state index < -0.39 is 6.04 Å². The summed E-state index contributed by atoms with van der Waals surface area (Å²) in [5, 5.41) is 2.92. The van der Waals surface area contributed by atoms with Gasteiger partial charge in [0, 0.05) is 12.3 Å². The Morgan fingerprint density at radius 1 is 1.12 bits per heavy atom. The lowest BCUT2D eigenvalue weighted by Crippen LogP contribution is -2.46. The van der Waals surface area contributed by atoms with Gasteiger partial charge in [0.1, 0.15) is 6.04 Å². The van der Waals surface area contributed by atoms with Crippen LogP contribution in [0.15, 0.2) is 30.3 Å². The number of carbonyl (C=O) groups excluding carboxylic acids is 2. The summed E-state index contributed by atoms with van der Waals surface area (Å²) in [4.78, 5) is 24.6. The first-order valence-corrected chi connectivity index (χ1v) is 8.93. The molecular formula is C20H29NO3. The van der Waals surface area contributed by atoms with Crippen molar-refractivity contribution in [3.63, 3.8) is 0 Å². The summed E-state index contributed by atoms with van der Waals surface area (Å²) in [5.74, 6) is 1.01. The highest BCUT2D eigenvalue weighted by molar-refractivity contribution is 5.86. The Kier molecular flexibility index (Phi) is 6.83. The topological polar surface area (TPSA) is 55.4 Å². The Morgan fingerprint density at radius 3 is 2.29 bits per heavy atom. The molecule has 0 bridgehead atoms. The van der Waals surface area contributed by atoms with Crippen LogP contribution < -0.4 is 5.32 Å². The van der Waals surface area contributed by atoms with Gasteiger partial charge in [-0.1, -0.05) is 44.2 Å². The van der Waals surface area contributed by atoms with Gasteiger partial charge in [0.15, 0.2) is 0 Å². The molecule has 0 heterocycles. The van der Waals surface area contributed by atoms with E-state index in [1.165, 1.54) is 7.11 Å². The quantitative estimate of drug-likeness (QED) is 0.813. The fourth-order valence-electron chi connectivity index (χ4n) is 3.52. The minimum atomic E-state index is -0.618. The molecule has 1 aliphatic rings. The number of amides is 1. The summed E-state index contributed by atoms with van der Waals surface area (Å²) in [6, 6.07) is 9.08. The Balaban J connectivity index is 1.94. The van der Waals surface area contributed by atoms with Gasteiger partial charge in [-0.05, 0) is 43.1 Å². The second kappa shape index (κ2) is 8.86. The van der Waals surface area contributed by atoms with Crippen LogP contribution in [0.2, 0.25) is 0 Å². The molecule has 0 radical (unpaired) electrons. The molecule has 24 heavy (non-hydrogen) atoms. The van der Waals surface area contributed by atoms with Crippen LogP contribution in [0.4, 0.5) is 0 Å². The van der Waals surface area contributed by atoms with Gasteiger partial charge < -0.3 is 10.1 Å². The van der Waals surface area contributed by atoms with Crippen molar-refractivity contribution >= 4 is 11.9 Å². The predicted molar refractivity (Wildman–Crippen MR) is 94.4 cm³/mol. The van der Waals surface area contributed by atoms with E-state index in [0.717, 1.165) is 37.2 Å². The van der Waals surface area contributed by atoms with Gasteiger partial charge in [-0.2, -0.15) is 0 Å². The molecule has 2 rings (SSSR count). The molecule has 1 aromatic carbocycles. The third-order valence-electron chi connectivity index (χ3n) is 5.17. The SMILES string of the molecule is COC(=O)C(Cc1ccccc1)NC(=O)C1CCC(C(C)C)CC1. The van der Waals surface area contributed by atoms with Crippen molar-refractivity contribution in [2.75, 3.05) is 7.11 Å². The highest BCUT2D eigenvalue weighted by Gasteiger charge is 2.30. The zero-order valence-electron chi connectivity index (χ0n) is 15.0. The average molecular weight is 331 g/mol. The number of hydrogen-bond acceptors (Lipinski definition) is 3. The fraction of sp³-hybridized carbons (Fsp3) is 0.600. The number of esters is 1. The molecule has 0 aromatic heterocycles. The van der Waals surface area contributed by atoms with Crippen molar-refractivity contribution in [1.82, 2.24) is 5.32 Å². The van der Waals surface area contributed by atoms with Crippen LogP contribution in [0.5, 0.6) is 0 Å². The third-order valence-corrected chi connectivity index (χ3v) is 5.17. The summed E-state index contributed by atoms with van der Waals surface area (Å²) in [5.41, 5.74) is 1.01. The lowest BCUT2D eigenvalue weighted by Gasteiger charge is -2.31. The number of nitrogens with one attached hydrogen (secondary N) is 1.